The Morgan fingerprint density at radius 1 is 1.11 bits per heavy atom. The third-order valence-corrected chi connectivity index (χ3v) is 4.77. The highest BCUT2D eigenvalue weighted by Gasteiger charge is 2.30. The number of carbonyl (C=O) groups excluding carboxylic acids is 1. The number of nitrogens with zero attached hydrogens (tertiary/aromatic N) is 3. The Morgan fingerprint density at radius 2 is 1.86 bits per heavy atom. The number of aromatic nitrogens is 3. The second kappa shape index (κ2) is 8.47. The molecule has 0 aliphatic carbocycles. The lowest BCUT2D eigenvalue weighted by atomic mass is 10.2. The summed E-state index contributed by atoms with van der Waals surface area (Å²) in [6.07, 6.45) is -3.79. The number of halogens is 3. The largest absolute Gasteiger partial charge is 0.416 e. The Kier molecular flexibility index (Phi) is 6.03. The van der Waals surface area contributed by atoms with E-state index in [1.807, 2.05) is 41.8 Å². The van der Waals surface area contributed by atoms with Gasteiger partial charge in [0.25, 0.3) is 0 Å². The minimum atomic E-state index is -4.46. The Morgan fingerprint density at radius 3 is 2.54 bits per heavy atom. The van der Waals surface area contributed by atoms with Gasteiger partial charge in [0.15, 0.2) is 5.16 Å². The molecule has 2 aromatic carbocycles. The molecule has 1 heterocycles. The van der Waals surface area contributed by atoms with E-state index in [-0.39, 0.29) is 11.4 Å². The molecular weight excluding hydrogens is 389 g/mol. The van der Waals surface area contributed by atoms with Crippen molar-refractivity contribution in [3.05, 3.63) is 66.0 Å². The van der Waals surface area contributed by atoms with Gasteiger partial charge in [-0.25, -0.2) is 0 Å². The molecule has 3 rings (SSSR count). The molecule has 0 unspecified atom stereocenters. The fourth-order valence-corrected chi connectivity index (χ4v) is 3.33. The van der Waals surface area contributed by atoms with Crippen LogP contribution in [0.5, 0.6) is 0 Å². The van der Waals surface area contributed by atoms with Gasteiger partial charge in [0.1, 0.15) is 5.82 Å². The zero-order valence-electron chi connectivity index (χ0n) is 14.9. The third-order valence-electron chi connectivity index (χ3n) is 3.84. The van der Waals surface area contributed by atoms with E-state index in [0.29, 0.717) is 11.6 Å². The lowest BCUT2D eigenvalue weighted by molar-refractivity contribution is -0.137. The van der Waals surface area contributed by atoms with Gasteiger partial charge in [-0.3, -0.25) is 9.36 Å². The van der Waals surface area contributed by atoms with Crippen LogP contribution in [-0.2, 0) is 17.4 Å². The molecule has 9 heteroatoms. The summed E-state index contributed by atoms with van der Waals surface area (Å²) in [6, 6.07) is 14.0. The van der Waals surface area contributed by atoms with E-state index in [4.69, 9.17) is 0 Å². The average Bonchev–Trinajstić information content (AvgIpc) is 3.09. The molecule has 1 amide bonds. The van der Waals surface area contributed by atoms with Crippen LogP contribution in [0.2, 0.25) is 0 Å². The number of thioether (sulfide) groups is 1. The van der Waals surface area contributed by atoms with Crippen molar-refractivity contribution >= 4 is 23.4 Å². The van der Waals surface area contributed by atoms with Crippen molar-refractivity contribution in [3.63, 3.8) is 0 Å². The highest BCUT2D eigenvalue weighted by atomic mass is 32.2. The van der Waals surface area contributed by atoms with Crippen molar-refractivity contribution in [2.45, 2.75) is 24.7 Å². The maximum Gasteiger partial charge on any atom is 0.416 e. The number of benzene rings is 2. The molecule has 5 nitrogen and oxygen atoms in total. The van der Waals surface area contributed by atoms with Gasteiger partial charge in [0.05, 0.1) is 11.3 Å². The van der Waals surface area contributed by atoms with Crippen molar-refractivity contribution in [2.24, 2.45) is 0 Å². The number of nitrogens with one attached hydrogen (secondary N) is 1. The molecule has 146 valence electrons. The number of carbonyl (C=O) groups is 1. The number of para-hydroxylation sites is 1. The molecule has 0 saturated carbocycles. The molecule has 0 fully saturated rings. The predicted molar refractivity (Wildman–Crippen MR) is 102 cm³/mol. The molecule has 0 saturated heterocycles. The first-order valence-corrected chi connectivity index (χ1v) is 9.46. The molecule has 3 aromatic rings. The van der Waals surface area contributed by atoms with Gasteiger partial charge in [-0.05, 0) is 30.3 Å². The third kappa shape index (κ3) is 4.72. The van der Waals surface area contributed by atoms with E-state index < -0.39 is 17.6 Å². The van der Waals surface area contributed by atoms with Crippen LogP contribution in [0.3, 0.4) is 0 Å². The fourth-order valence-electron chi connectivity index (χ4n) is 2.56. The Labute approximate surface area is 164 Å². The second-order valence-electron chi connectivity index (χ2n) is 5.84. The van der Waals surface area contributed by atoms with E-state index in [0.717, 1.165) is 23.6 Å². The highest BCUT2D eigenvalue weighted by molar-refractivity contribution is 7.99. The number of rotatable bonds is 6. The molecule has 0 aliphatic rings. The summed E-state index contributed by atoms with van der Waals surface area (Å²) in [7, 11) is 0. The monoisotopic (exact) mass is 406 g/mol. The minimum absolute atomic E-state index is 0.00900. The minimum Gasteiger partial charge on any atom is -0.325 e. The van der Waals surface area contributed by atoms with Gasteiger partial charge >= 0.3 is 6.18 Å². The maximum atomic E-state index is 12.8. The van der Waals surface area contributed by atoms with Crippen LogP contribution in [0.4, 0.5) is 18.9 Å². The standard InChI is InChI=1S/C19H17F3N4OS/c1-2-16-24-25-18(26(16)15-9-4-3-5-10-15)28-12-17(27)23-14-8-6-7-13(11-14)19(20,21)22/h3-11H,2,12H2,1H3,(H,23,27). The molecule has 0 bridgehead atoms. The van der Waals surface area contributed by atoms with Crippen molar-refractivity contribution in [3.8, 4) is 5.69 Å². The number of anilines is 1. The van der Waals surface area contributed by atoms with E-state index in [1.54, 1.807) is 0 Å². The molecule has 0 atom stereocenters. The summed E-state index contributed by atoms with van der Waals surface area (Å²) in [5, 5.41) is 11.3. The van der Waals surface area contributed by atoms with Gasteiger partial charge in [-0.1, -0.05) is 43.0 Å². The van der Waals surface area contributed by atoms with E-state index in [2.05, 4.69) is 15.5 Å². The first-order chi connectivity index (χ1) is 13.4. The smallest absolute Gasteiger partial charge is 0.325 e. The first kappa shape index (κ1) is 19.9. The van der Waals surface area contributed by atoms with Crippen molar-refractivity contribution in [2.75, 3.05) is 11.1 Å². The van der Waals surface area contributed by atoms with Crippen LogP contribution in [-0.4, -0.2) is 26.4 Å². The van der Waals surface area contributed by atoms with Crippen LogP contribution >= 0.6 is 11.8 Å². The summed E-state index contributed by atoms with van der Waals surface area (Å²) in [5.41, 5.74) is 0.165. The van der Waals surface area contributed by atoms with Crippen LogP contribution in [0, 0.1) is 0 Å². The summed E-state index contributed by atoms with van der Waals surface area (Å²) in [6.45, 7) is 1.96. The van der Waals surface area contributed by atoms with Crippen molar-refractivity contribution < 1.29 is 18.0 Å². The molecular formula is C19H17F3N4OS. The molecule has 0 spiro atoms. The Hall–Kier alpha value is -2.81. The maximum absolute atomic E-state index is 12.8. The SMILES string of the molecule is CCc1nnc(SCC(=O)Nc2cccc(C(F)(F)F)c2)n1-c1ccccc1. The fraction of sp³-hybridized carbons (Fsp3) is 0.211. The lowest BCUT2D eigenvalue weighted by Crippen LogP contribution is -2.15. The number of aryl methyl sites for hydroxylation is 1. The van der Waals surface area contributed by atoms with Gasteiger partial charge in [0, 0.05) is 17.8 Å². The summed E-state index contributed by atoms with van der Waals surface area (Å²) in [4.78, 5) is 12.2. The van der Waals surface area contributed by atoms with Gasteiger partial charge in [-0.15, -0.1) is 10.2 Å². The molecule has 1 N–H and O–H groups in total. The summed E-state index contributed by atoms with van der Waals surface area (Å²) in [5.74, 6) is 0.322. The van der Waals surface area contributed by atoms with Gasteiger partial charge < -0.3 is 5.32 Å². The van der Waals surface area contributed by atoms with Gasteiger partial charge in [-0.2, -0.15) is 13.2 Å². The average molecular weight is 406 g/mol. The van der Waals surface area contributed by atoms with E-state index >= 15 is 0 Å². The van der Waals surface area contributed by atoms with E-state index in [9.17, 15) is 18.0 Å². The number of amides is 1. The first-order valence-electron chi connectivity index (χ1n) is 8.48. The summed E-state index contributed by atoms with van der Waals surface area (Å²) >= 11 is 1.17. The normalized spacial score (nSPS) is 11.4. The highest BCUT2D eigenvalue weighted by Crippen LogP contribution is 2.30. The van der Waals surface area contributed by atoms with Gasteiger partial charge in [0.2, 0.25) is 5.91 Å². The Balaban J connectivity index is 1.70. The van der Waals surface area contributed by atoms with Crippen LogP contribution in [0.15, 0.2) is 59.8 Å². The lowest BCUT2D eigenvalue weighted by Gasteiger charge is -2.11. The van der Waals surface area contributed by atoms with Crippen molar-refractivity contribution in [1.82, 2.24) is 14.8 Å². The second-order valence-corrected chi connectivity index (χ2v) is 6.78. The predicted octanol–water partition coefficient (Wildman–Crippen LogP) is 4.58. The zero-order valence-corrected chi connectivity index (χ0v) is 15.7. The van der Waals surface area contributed by atoms with Crippen LogP contribution in [0.25, 0.3) is 5.69 Å². The molecule has 0 radical (unpaired) electrons. The topological polar surface area (TPSA) is 59.8 Å². The summed E-state index contributed by atoms with van der Waals surface area (Å²) < 4.78 is 40.2. The number of hydrogen-bond donors (Lipinski definition) is 1. The number of alkyl halides is 3. The van der Waals surface area contributed by atoms with Crippen LogP contribution < -0.4 is 5.32 Å². The molecule has 0 aliphatic heterocycles. The number of hydrogen-bond acceptors (Lipinski definition) is 4. The van der Waals surface area contributed by atoms with E-state index in [1.165, 1.54) is 23.9 Å². The molecule has 1 aromatic heterocycles. The Bertz CT molecular complexity index is 957. The van der Waals surface area contributed by atoms with Crippen LogP contribution in [0.1, 0.15) is 18.3 Å². The molecule has 28 heavy (non-hydrogen) atoms. The van der Waals surface area contributed by atoms with Crippen molar-refractivity contribution in [1.29, 1.82) is 0 Å². The quantitative estimate of drug-likeness (QED) is 0.609. The zero-order chi connectivity index (χ0) is 20.1.